The number of nitrogens with one attached hydrogen (secondary N) is 1. The van der Waals surface area contributed by atoms with E-state index in [4.69, 9.17) is 17.0 Å². The predicted octanol–water partition coefficient (Wildman–Crippen LogP) is 0.310. The third-order valence-electron chi connectivity index (χ3n) is 2.26. The van der Waals surface area contributed by atoms with E-state index in [0.717, 1.165) is 31.0 Å². The molecule has 0 aromatic carbocycles. The normalized spacial score (nSPS) is 20.1. The summed E-state index contributed by atoms with van der Waals surface area (Å²) >= 11 is 0. The minimum atomic E-state index is -0.807. The van der Waals surface area contributed by atoms with E-state index in [1.165, 1.54) is 6.42 Å². The minimum absolute atomic E-state index is 0.207. The van der Waals surface area contributed by atoms with Crippen molar-refractivity contribution >= 4 is 6.21 Å². The molecule has 0 unspecified atom stereocenters. The van der Waals surface area contributed by atoms with Crippen LogP contribution in [-0.4, -0.2) is 29.4 Å². The van der Waals surface area contributed by atoms with Gasteiger partial charge in [0, 0.05) is 13.1 Å². The molecule has 0 bridgehead atoms. The summed E-state index contributed by atoms with van der Waals surface area (Å²) in [5, 5.41) is 9.58. The number of allylic oxidation sites excluding steroid dienone is 1. The molecule has 0 aliphatic carbocycles. The van der Waals surface area contributed by atoms with Crippen molar-refractivity contribution in [3.05, 3.63) is 11.6 Å². The molecule has 0 atom stereocenters. The average Bonchev–Trinajstić information content (AvgIpc) is 2.27. The van der Waals surface area contributed by atoms with Crippen molar-refractivity contribution in [1.29, 1.82) is 5.41 Å². The van der Waals surface area contributed by atoms with Gasteiger partial charge in [-0.1, -0.05) is 6.42 Å². The van der Waals surface area contributed by atoms with Crippen LogP contribution in [0.1, 0.15) is 19.3 Å². The fraction of sp³-hybridized carbons (Fsp3) is 0.625. The molecule has 1 heterocycles. The Labute approximate surface area is 82.6 Å². The van der Waals surface area contributed by atoms with Crippen LogP contribution in [0.4, 0.5) is 4.39 Å². The van der Waals surface area contributed by atoms with Crippen LogP contribution >= 0.6 is 0 Å². The zero-order valence-corrected chi connectivity index (χ0v) is 8.04. The van der Waals surface area contributed by atoms with Gasteiger partial charge in [-0.25, -0.2) is 20.4 Å². The number of hydrogen-bond acceptors (Lipinski definition) is 5. The van der Waals surface area contributed by atoms with E-state index in [-0.39, 0.29) is 5.82 Å². The minimum Gasteiger partial charge on any atom is -0.381 e. The van der Waals surface area contributed by atoms with Crippen LogP contribution in [0.2, 0.25) is 0 Å². The third kappa shape index (κ3) is 2.43. The summed E-state index contributed by atoms with van der Waals surface area (Å²) in [6.07, 6.45) is 3.79. The van der Waals surface area contributed by atoms with Gasteiger partial charge in [0.2, 0.25) is 0 Å². The second kappa shape index (κ2) is 4.92. The lowest BCUT2D eigenvalue weighted by Crippen LogP contribution is -2.51. The molecule has 14 heavy (non-hydrogen) atoms. The number of nitrogens with zero attached hydrogens (tertiary/aromatic N) is 2. The Morgan fingerprint density at radius 1 is 1.36 bits per heavy atom. The standard InChI is InChI=1S/C8H16FN5/c9-7(6-10)8(11)14(12)13-4-2-1-3-5-13/h6,10H,1-5,11-12H2/b8-7-,10-6?. The number of halogens is 1. The molecule has 0 radical (unpaired) electrons. The maximum atomic E-state index is 12.9. The Morgan fingerprint density at radius 3 is 2.43 bits per heavy atom. The van der Waals surface area contributed by atoms with Gasteiger partial charge in [-0.3, -0.25) is 0 Å². The van der Waals surface area contributed by atoms with Gasteiger partial charge in [0.25, 0.3) is 0 Å². The quantitative estimate of drug-likeness (QED) is 0.348. The van der Waals surface area contributed by atoms with Crippen LogP contribution in [0.3, 0.4) is 0 Å². The first-order valence-corrected chi connectivity index (χ1v) is 4.62. The third-order valence-corrected chi connectivity index (χ3v) is 2.26. The van der Waals surface area contributed by atoms with Crippen LogP contribution in [0.15, 0.2) is 11.6 Å². The topological polar surface area (TPSA) is 82.4 Å². The van der Waals surface area contributed by atoms with Gasteiger partial charge in [0.15, 0.2) is 11.6 Å². The van der Waals surface area contributed by atoms with Crippen LogP contribution in [0.25, 0.3) is 0 Å². The molecular weight excluding hydrogens is 185 g/mol. The van der Waals surface area contributed by atoms with E-state index in [1.807, 2.05) is 0 Å². The van der Waals surface area contributed by atoms with E-state index in [2.05, 4.69) is 0 Å². The smallest absolute Gasteiger partial charge is 0.183 e. The van der Waals surface area contributed by atoms with E-state index in [1.54, 1.807) is 5.01 Å². The highest BCUT2D eigenvalue weighted by Gasteiger charge is 2.18. The maximum Gasteiger partial charge on any atom is 0.183 e. The summed E-state index contributed by atoms with van der Waals surface area (Å²) in [4.78, 5) is 0. The van der Waals surface area contributed by atoms with Gasteiger partial charge in [0.1, 0.15) is 0 Å². The Kier molecular flexibility index (Phi) is 3.84. The maximum absolute atomic E-state index is 12.9. The second-order valence-corrected chi connectivity index (χ2v) is 3.24. The molecule has 0 aromatic rings. The molecule has 0 aromatic heterocycles. The fourth-order valence-corrected chi connectivity index (χ4v) is 1.43. The molecule has 1 rings (SSSR count). The van der Waals surface area contributed by atoms with E-state index in [0.29, 0.717) is 6.21 Å². The molecule has 1 saturated heterocycles. The molecule has 6 heteroatoms. The number of rotatable bonds is 3. The first-order valence-electron chi connectivity index (χ1n) is 4.62. The second-order valence-electron chi connectivity index (χ2n) is 3.24. The zero-order chi connectivity index (χ0) is 10.6. The van der Waals surface area contributed by atoms with E-state index >= 15 is 0 Å². The SMILES string of the molecule is N=C/C(F)=C(\N)N(N)N1CCCCC1. The van der Waals surface area contributed by atoms with Crippen LogP contribution < -0.4 is 11.6 Å². The monoisotopic (exact) mass is 201 g/mol. The molecule has 80 valence electrons. The summed E-state index contributed by atoms with van der Waals surface area (Å²) in [6.45, 7) is 1.56. The van der Waals surface area contributed by atoms with Crippen molar-refractivity contribution in [3.63, 3.8) is 0 Å². The summed E-state index contributed by atoms with van der Waals surface area (Å²) in [5.41, 5.74) is 5.41. The molecule has 1 aliphatic heterocycles. The summed E-state index contributed by atoms with van der Waals surface area (Å²) in [7, 11) is 0. The Bertz CT molecular complexity index is 234. The van der Waals surface area contributed by atoms with Crippen molar-refractivity contribution < 1.29 is 4.39 Å². The Balaban J connectivity index is 2.63. The Hall–Kier alpha value is -1.14. The molecule has 1 fully saturated rings. The lowest BCUT2D eigenvalue weighted by Gasteiger charge is -2.34. The van der Waals surface area contributed by atoms with Crippen molar-refractivity contribution in [2.75, 3.05) is 13.1 Å². The van der Waals surface area contributed by atoms with Gasteiger partial charge >= 0.3 is 0 Å². The van der Waals surface area contributed by atoms with Crippen LogP contribution in [0, 0.1) is 5.41 Å². The first kappa shape index (κ1) is 10.9. The molecule has 0 spiro atoms. The zero-order valence-electron chi connectivity index (χ0n) is 8.04. The fourth-order valence-electron chi connectivity index (χ4n) is 1.43. The highest BCUT2D eigenvalue weighted by atomic mass is 19.1. The number of nitrogens with two attached hydrogens (primary N) is 2. The lowest BCUT2D eigenvalue weighted by atomic mass is 10.2. The molecule has 5 N–H and O–H groups in total. The van der Waals surface area contributed by atoms with E-state index in [9.17, 15) is 4.39 Å². The van der Waals surface area contributed by atoms with Crippen molar-refractivity contribution in [1.82, 2.24) is 10.1 Å². The van der Waals surface area contributed by atoms with E-state index < -0.39 is 5.83 Å². The van der Waals surface area contributed by atoms with Gasteiger partial charge in [-0.05, 0) is 12.8 Å². The molecule has 0 amide bonds. The van der Waals surface area contributed by atoms with Crippen molar-refractivity contribution in [2.45, 2.75) is 19.3 Å². The van der Waals surface area contributed by atoms with Gasteiger partial charge < -0.3 is 11.1 Å². The summed E-state index contributed by atoms with van der Waals surface area (Å²) in [5.74, 6) is 4.59. The number of piperidine rings is 1. The molecule has 5 nitrogen and oxygen atoms in total. The Morgan fingerprint density at radius 2 is 1.93 bits per heavy atom. The highest BCUT2D eigenvalue weighted by Crippen LogP contribution is 2.12. The molecule has 1 aliphatic rings. The average molecular weight is 201 g/mol. The lowest BCUT2D eigenvalue weighted by molar-refractivity contribution is -0.0126. The van der Waals surface area contributed by atoms with Crippen molar-refractivity contribution in [3.8, 4) is 0 Å². The molecule has 0 saturated carbocycles. The van der Waals surface area contributed by atoms with Gasteiger partial charge in [-0.2, -0.15) is 0 Å². The summed E-state index contributed by atoms with van der Waals surface area (Å²) in [6, 6.07) is 0. The van der Waals surface area contributed by atoms with Crippen LogP contribution in [-0.2, 0) is 0 Å². The first-order chi connectivity index (χ1) is 6.66. The number of hydrazine groups is 2. The van der Waals surface area contributed by atoms with Gasteiger partial charge in [0.05, 0.1) is 6.21 Å². The predicted molar refractivity (Wildman–Crippen MR) is 52.6 cm³/mol. The van der Waals surface area contributed by atoms with Crippen molar-refractivity contribution in [2.24, 2.45) is 11.6 Å². The molecular formula is C8H16FN5. The summed E-state index contributed by atoms with van der Waals surface area (Å²) < 4.78 is 12.9. The largest absolute Gasteiger partial charge is 0.381 e. The number of hydrogen-bond donors (Lipinski definition) is 3. The van der Waals surface area contributed by atoms with Crippen LogP contribution in [0.5, 0.6) is 0 Å². The highest BCUT2D eigenvalue weighted by molar-refractivity contribution is 5.73. The van der Waals surface area contributed by atoms with Gasteiger partial charge in [-0.15, -0.1) is 0 Å².